The SMILES string of the molecule is CCC(CC)N(CCO)CC(=O)C1CCCCC1. The summed E-state index contributed by atoms with van der Waals surface area (Å²) in [6, 6.07) is 0.435. The van der Waals surface area contributed by atoms with E-state index in [9.17, 15) is 4.79 Å². The van der Waals surface area contributed by atoms with Crippen molar-refractivity contribution in [3.8, 4) is 0 Å². The van der Waals surface area contributed by atoms with Crippen LogP contribution in [-0.2, 0) is 4.79 Å². The van der Waals surface area contributed by atoms with Crippen molar-refractivity contribution in [1.82, 2.24) is 4.90 Å². The third-order valence-electron chi connectivity index (χ3n) is 4.27. The summed E-state index contributed by atoms with van der Waals surface area (Å²) in [4.78, 5) is 14.5. The van der Waals surface area contributed by atoms with Crippen molar-refractivity contribution in [3.05, 3.63) is 0 Å². The summed E-state index contributed by atoms with van der Waals surface area (Å²) < 4.78 is 0. The molecule has 1 rings (SSSR count). The normalized spacial score (nSPS) is 17.6. The quantitative estimate of drug-likeness (QED) is 0.725. The van der Waals surface area contributed by atoms with E-state index >= 15 is 0 Å². The maximum absolute atomic E-state index is 12.3. The number of nitrogens with zero attached hydrogens (tertiary/aromatic N) is 1. The van der Waals surface area contributed by atoms with Crippen molar-refractivity contribution < 1.29 is 9.90 Å². The second kappa shape index (κ2) is 8.65. The van der Waals surface area contributed by atoms with Gasteiger partial charge in [0.1, 0.15) is 5.78 Å². The highest BCUT2D eigenvalue weighted by atomic mass is 16.3. The van der Waals surface area contributed by atoms with Crippen molar-refractivity contribution in [1.29, 1.82) is 0 Å². The van der Waals surface area contributed by atoms with Gasteiger partial charge in [0.05, 0.1) is 13.2 Å². The number of rotatable bonds is 8. The lowest BCUT2D eigenvalue weighted by Gasteiger charge is -2.31. The Morgan fingerprint density at radius 1 is 1.22 bits per heavy atom. The molecule has 0 aliphatic heterocycles. The van der Waals surface area contributed by atoms with Crippen molar-refractivity contribution in [2.24, 2.45) is 5.92 Å². The summed E-state index contributed by atoms with van der Waals surface area (Å²) in [6.07, 6.45) is 7.96. The number of Topliss-reactive ketones (excluding diaryl/α,β-unsaturated/α-hetero) is 1. The third kappa shape index (κ3) is 4.69. The lowest BCUT2D eigenvalue weighted by molar-refractivity contribution is -0.125. The largest absolute Gasteiger partial charge is 0.395 e. The fraction of sp³-hybridized carbons (Fsp3) is 0.933. The zero-order chi connectivity index (χ0) is 13.4. The predicted octanol–water partition coefficient (Wildman–Crippen LogP) is 2.62. The monoisotopic (exact) mass is 255 g/mol. The second-order valence-corrected chi connectivity index (χ2v) is 5.47. The standard InChI is InChI=1S/C15H29NO2/c1-3-14(4-2)16(10-11-17)12-15(18)13-8-6-5-7-9-13/h13-14,17H,3-12H2,1-2H3. The minimum absolute atomic E-state index is 0.147. The number of carbonyl (C=O) groups is 1. The Morgan fingerprint density at radius 2 is 1.83 bits per heavy atom. The maximum atomic E-state index is 12.3. The van der Waals surface area contributed by atoms with Crippen molar-refractivity contribution in [2.45, 2.75) is 64.8 Å². The Morgan fingerprint density at radius 3 is 2.33 bits per heavy atom. The zero-order valence-corrected chi connectivity index (χ0v) is 12.0. The fourth-order valence-electron chi connectivity index (χ4n) is 3.08. The average molecular weight is 255 g/mol. The maximum Gasteiger partial charge on any atom is 0.149 e. The molecule has 0 aromatic rings. The summed E-state index contributed by atoms with van der Waals surface area (Å²) in [6.45, 7) is 5.63. The van der Waals surface area contributed by atoms with E-state index in [2.05, 4.69) is 18.7 Å². The van der Waals surface area contributed by atoms with E-state index < -0.39 is 0 Å². The molecule has 1 saturated carbocycles. The Kier molecular flexibility index (Phi) is 7.52. The van der Waals surface area contributed by atoms with E-state index in [1.807, 2.05) is 0 Å². The minimum Gasteiger partial charge on any atom is -0.395 e. The molecule has 1 aliphatic carbocycles. The highest BCUT2D eigenvalue weighted by molar-refractivity contribution is 5.83. The van der Waals surface area contributed by atoms with Gasteiger partial charge in [0.15, 0.2) is 0 Å². The predicted molar refractivity (Wildman–Crippen MR) is 74.6 cm³/mol. The van der Waals surface area contributed by atoms with E-state index in [1.165, 1.54) is 19.3 Å². The second-order valence-electron chi connectivity index (χ2n) is 5.47. The lowest BCUT2D eigenvalue weighted by Crippen LogP contribution is -2.42. The fourth-order valence-corrected chi connectivity index (χ4v) is 3.08. The van der Waals surface area contributed by atoms with Crippen LogP contribution in [0.15, 0.2) is 0 Å². The van der Waals surface area contributed by atoms with E-state index in [0.717, 1.165) is 25.7 Å². The molecule has 0 radical (unpaired) electrons. The Balaban J connectivity index is 2.50. The van der Waals surface area contributed by atoms with E-state index in [-0.39, 0.29) is 12.5 Å². The Hall–Kier alpha value is -0.410. The number of carbonyl (C=O) groups excluding carboxylic acids is 1. The number of hydrogen-bond donors (Lipinski definition) is 1. The summed E-state index contributed by atoms with van der Waals surface area (Å²) in [5.74, 6) is 0.685. The van der Waals surface area contributed by atoms with Gasteiger partial charge in [-0.2, -0.15) is 0 Å². The molecule has 0 amide bonds. The molecule has 1 aliphatic rings. The molecule has 0 unspecified atom stereocenters. The van der Waals surface area contributed by atoms with Crippen LogP contribution in [0.2, 0.25) is 0 Å². The smallest absolute Gasteiger partial charge is 0.149 e. The van der Waals surface area contributed by atoms with E-state index in [0.29, 0.717) is 24.9 Å². The first-order valence-electron chi connectivity index (χ1n) is 7.60. The van der Waals surface area contributed by atoms with Crippen LogP contribution in [0.25, 0.3) is 0 Å². The van der Waals surface area contributed by atoms with Gasteiger partial charge in [0.2, 0.25) is 0 Å². The molecule has 0 spiro atoms. The molecular weight excluding hydrogens is 226 g/mol. The first-order chi connectivity index (χ1) is 8.72. The minimum atomic E-state index is 0.147. The molecule has 18 heavy (non-hydrogen) atoms. The van der Waals surface area contributed by atoms with Gasteiger partial charge >= 0.3 is 0 Å². The molecule has 106 valence electrons. The van der Waals surface area contributed by atoms with Gasteiger partial charge in [-0.15, -0.1) is 0 Å². The molecule has 0 aromatic carbocycles. The number of ketones is 1. The summed E-state index contributed by atoms with van der Waals surface area (Å²) >= 11 is 0. The molecular formula is C15H29NO2. The van der Waals surface area contributed by atoms with Gasteiger partial charge in [-0.05, 0) is 25.7 Å². The first-order valence-corrected chi connectivity index (χ1v) is 7.60. The van der Waals surface area contributed by atoms with Crippen LogP contribution in [0.5, 0.6) is 0 Å². The molecule has 0 saturated heterocycles. The highest BCUT2D eigenvalue weighted by Crippen LogP contribution is 2.25. The molecule has 3 heteroatoms. The molecule has 1 N–H and O–H groups in total. The lowest BCUT2D eigenvalue weighted by atomic mass is 9.86. The van der Waals surface area contributed by atoms with Gasteiger partial charge in [0, 0.05) is 18.5 Å². The molecule has 0 atom stereocenters. The van der Waals surface area contributed by atoms with Crippen molar-refractivity contribution in [3.63, 3.8) is 0 Å². The number of hydrogen-bond acceptors (Lipinski definition) is 3. The zero-order valence-electron chi connectivity index (χ0n) is 12.0. The van der Waals surface area contributed by atoms with Crippen molar-refractivity contribution in [2.75, 3.05) is 19.7 Å². The van der Waals surface area contributed by atoms with Gasteiger partial charge < -0.3 is 5.11 Å². The van der Waals surface area contributed by atoms with Crippen LogP contribution < -0.4 is 0 Å². The van der Waals surface area contributed by atoms with Crippen LogP contribution in [0, 0.1) is 5.92 Å². The van der Waals surface area contributed by atoms with Crippen molar-refractivity contribution >= 4 is 5.78 Å². The van der Waals surface area contributed by atoms with Crippen LogP contribution in [-0.4, -0.2) is 41.5 Å². The summed E-state index contributed by atoms with van der Waals surface area (Å²) in [5, 5.41) is 9.15. The molecule has 0 bridgehead atoms. The van der Waals surface area contributed by atoms with Crippen LogP contribution in [0.4, 0.5) is 0 Å². The summed E-state index contributed by atoms with van der Waals surface area (Å²) in [5.41, 5.74) is 0. The van der Waals surface area contributed by atoms with Gasteiger partial charge in [-0.25, -0.2) is 0 Å². The number of aliphatic hydroxyl groups excluding tert-OH is 1. The average Bonchev–Trinajstić information content (AvgIpc) is 2.41. The molecule has 3 nitrogen and oxygen atoms in total. The topological polar surface area (TPSA) is 40.5 Å². The Bertz CT molecular complexity index is 233. The van der Waals surface area contributed by atoms with Crippen LogP contribution in [0.3, 0.4) is 0 Å². The van der Waals surface area contributed by atoms with Gasteiger partial charge in [0.25, 0.3) is 0 Å². The summed E-state index contributed by atoms with van der Waals surface area (Å²) in [7, 11) is 0. The molecule has 0 aromatic heterocycles. The van der Waals surface area contributed by atoms with Gasteiger partial charge in [-0.1, -0.05) is 33.1 Å². The third-order valence-corrected chi connectivity index (χ3v) is 4.27. The van der Waals surface area contributed by atoms with E-state index in [4.69, 9.17) is 5.11 Å². The molecule has 1 fully saturated rings. The van der Waals surface area contributed by atoms with E-state index in [1.54, 1.807) is 0 Å². The van der Waals surface area contributed by atoms with Gasteiger partial charge in [-0.3, -0.25) is 9.69 Å². The molecule has 0 heterocycles. The Labute approximate surface area is 112 Å². The number of aliphatic hydroxyl groups is 1. The van der Waals surface area contributed by atoms with Crippen LogP contribution >= 0.6 is 0 Å². The highest BCUT2D eigenvalue weighted by Gasteiger charge is 2.24. The van der Waals surface area contributed by atoms with Crippen LogP contribution in [0.1, 0.15) is 58.8 Å². The first kappa shape index (κ1) is 15.6.